The molecule has 0 saturated carbocycles. The van der Waals surface area contributed by atoms with Gasteiger partial charge in [-0.3, -0.25) is 14.9 Å². The van der Waals surface area contributed by atoms with E-state index >= 15 is 0 Å². The number of nitrogens with zero attached hydrogens (tertiary/aromatic N) is 1. The second kappa shape index (κ2) is 18.4. The van der Waals surface area contributed by atoms with Crippen LogP contribution in [0, 0.1) is 16.0 Å². The lowest BCUT2D eigenvalue weighted by Crippen LogP contribution is -2.39. The zero-order chi connectivity index (χ0) is 32.5. The van der Waals surface area contributed by atoms with Gasteiger partial charge in [0, 0.05) is 18.7 Å². The van der Waals surface area contributed by atoms with Gasteiger partial charge in [-0.15, -0.1) is 0 Å². The molecule has 0 radical (unpaired) electrons. The van der Waals surface area contributed by atoms with Crippen LogP contribution in [0.25, 0.3) is 0 Å². The fourth-order valence-corrected chi connectivity index (χ4v) is 5.71. The van der Waals surface area contributed by atoms with Crippen LogP contribution in [0.15, 0.2) is 84.9 Å². The Hall–Kier alpha value is -4.41. The lowest BCUT2D eigenvalue weighted by atomic mass is 10.1. The molecule has 1 amide bonds. The van der Waals surface area contributed by atoms with Crippen molar-refractivity contribution >= 4 is 25.5 Å². The molecule has 0 aliphatic carbocycles. The molecule has 0 spiro atoms. The summed E-state index contributed by atoms with van der Waals surface area (Å²) in [7, 11) is -4.29. The molecule has 0 aliphatic rings. The normalized spacial score (nSPS) is 12.9. The number of alkyl carbamates (subject to hydrolysis) is 1. The number of nitrogens with one attached hydrogen (secondary N) is 2. The van der Waals surface area contributed by atoms with Crippen LogP contribution < -0.4 is 19.5 Å². The molecule has 242 valence electrons. The van der Waals surface area contributed by atoms with Crippen LogP contribution in [0.3, 0.4) is 0 Å². The van der Waals surface area contributed by atoms with Gasteiger partial charge in [0.15, 0.2) is 0 Å². The van der Waals surface area contributed by atoms with Gasteiger partial charge < -0.3 is 23.8 Å². The first-order valence-electron chi connectivity index (χ1n) is 14.9. The van der Waals surface area contributed by atoms with E-state index in [1.54, 1.807) is 30.3 Å². The number of unbranched alkanes of at least 4 members (excludes halogenated alkanes) is 1. The zero-order valence-corrected chi connectivity index (χ0v) is 26.4. The Bertz CT molecular complexity index is 1390. The van der Waals surface area contributed by atoms with Gasteiger partial charge in [0.2, 0.25) is 0 Å². The summed E-state index contributed by atoms with van der Waals surface area (Å²) in [5, 5.41) is 16.5. The Kier molecular flexibility index (Phi) is 14.3. The van der Waals surface area contributed by atoms with Crippen molar-refractivity contribution in [3.63, 3.8) is 0 Å². The number of carbonyl (C=O) groups excluding carboxylic acids is 2. The summed E-state index contributed by atoms with van der Waals surface area (Å²) < 4.78 is 36.5. The van der Waals surface area contributed by atoms with E-state index in [4.69, 9.17) is 18.5 Å². The number of non-ortho nitro benzene ring substituents is 1. The van der Waals surface area contributed by atoms with Crippen LogP contribution in [0.5, 0.6) is 11.5 Å². The van der Waals surface area contributed by atoms with Crippen molar-refractivity contribution in [2.75, 3.05) is 13.2 Å². The maximum absolute atomic E-state index is 14.1. The molecule has 13 heteroatoms. The number of carbonyl (C=O) groups is 2. The number of nitro benzene ring substituents is 1. The van der Waals surface area contributed by atoms with E-state index in [1.165, 1.54) is 24.3 Å². The summed E-state index contributed by atoms with van der Waals surface area (Å²) in [6.07, 6.45) is 2.22. The minimum Gasteiger partial charge on any atom is -0.464 e. The lowest BCUT2D eigenvalue weighted by Gasteiger charge is -2.25. The molecule has 0 aromatic heterocycles. The molecule has 3 aromatic carbocycles. The maximum Gasteiger partial charge on any atom is 0.513 e. The van der Waals surface area contributed by atoms with Crippen molar-refractivity contribution < 1.29 is 37.6 Å². The van der Waals surface area contributed by atoms with Gasteiger partial charge in [0.05, 0.1) is 11.5 Å². The third-order valence-corrected chi connectivity index (χ3v) is 8.39. The van der Waals surface area contributed by atoms with Crippen molar-refractivity contribution in [3.05, 3.63) is 101 Å². The van der Waals surface area contributed by atoms with Crippen LogP contribution >= 0.6 is 7.75 Å². The maximum atomic E-state index is 14.1. The molecular weight excluding hydrogens is 601 g/mol. The number of para-hydroxylation sites is 1. The number of hydrogen-bond acceptors (Lipinski definition) is 9. The molecule has 2 unspecified atom stereocenters. The molecular formula is C32H40N3O9P. The lowest BCUT2D eigenvalue weighted by molar-refractivity contribution is -0.384. The first kappa shape index (κ1) is 35.1. The first-order chi connectivity index (χ1) is 21.7. The van der Waals surface area contributed by atoms with E-state index in [0.29, 0.717) is 19.4 Å². The predicted molar refractivity (Wildman–Crippen MR) is 169 cm³/mol. The second-order valence-electron chi connectivity index (χ2n) is 10.2. The van der Waals surface area contributed by atoms with E-state index in [0.717, 1.165) is 18.4 Å². The minimum absolute atomic E-state index is 0.0368. The summed E-state index contributed by atoms with van der Waals surface area (Å²) >= 11 is 0. The standard InChI is InChI=1S/C32H40N3O9P/c1-3-25(4-2)23-41-31(36)30(17-11-12-22-33-32(37)42-24-26-13-7-5-8-14-26)34-45(40,43-28-15-9-6-10-16-28)44-29-20-18-27(19-21-29)35(38)39/h5-10,13-16,18-21,25,30H,3-4,11-12,17,22-24H2,1-2H3,(H,33,37)(H,34,40). The van der Waals surface area contributed by atoms with Crippen molar-refractivity contribution in [1.82, 2.24) is 10.4 Å². The van der Waals surface area contributed by atoms with Gasteiger partial charge >= 0.3 is 19.8 Å². The van der Waals surface area contributed by atoms with Gasteiger partial charge in [-0.1, -0.05) is 75.2 Å². The van der Waals surface area contributed by atoms with E-state index in [1.807, 2.05) is 44.2 Å². The molecule has 12 nitrogen and oxygen atoms in total. The number of amides is 1. The fraction of sp³-hybridized carbons (Fsp3) is 0.375. The van der Waals surface area contributed by atoms with Crippen LogP contribution in [0.2, 0.25) is 0 Å². The van der Waals surface area contributed by atoms with E-state index in [2.05, 4.69) is 10.4 Å². The van der Waals surface area contributed by atoms with Gasteiger partial charge in [-0.2, -0.15) is 5.09 Å². The molecule has 2 N–H and O–H groups in total. The third kappa shape index (κ3) is 12.6. The Balaban J connectivity index is 1.68. The number of nitro groups is 1. The van der Waals surface area contributed by atoms with Crippen molar-refractivity contribution in [2.24, 2.45) is 5.92 Å². The van der Waals surface area contributed by atoms with Crippen LogP contribution in [-0.4, -0.2) is 36.2 Å². The van der Waals surface area contributed by atoms with Crippen LogP contribution in [-0.2, 0) is 25.4 Å². The predicted octanol–water partition coefficient (Wildman–Crippen LogP) is 7.20. The number of esters is 1. The molecule has 3 aromatic rings. The van der Waals surface area contributed by atoms with Crippen molar-refractivity contribution in [3.8, 4) is 11.5 Å². The summed E-state index contributed by atoms with van der Waals surface area (Å²) in [5.74, 6) is -0.196. The highest BCUT2D eigenvalue weighted by molar-refractivity contribution is 7.52. The fourth-order valence-electron chi connectivity index (χ4n) is 4.15. The SMILES string of the molecule is CCC(CC)COC(=O)C(CCCCNC(=O)OCc1ccccc1)NP(=O)(Oc1ccccc1)Oc1ccc([N+](=O)[O-])cc1. The summed E-state index contributed by atoms with van der Waals surface area (Å²) in [4.78, 5) is 35.9. The Morgan fingerprint density at radius 1 is 0.844 bits per heavy atom. The largest absolute Gasteiger partial charge is 0.513 e. The van der Waals surface area contributed by atoms with Gasteiger partial charge in [0.25, 0.3) is 5.69 Å². The van der Waals surface area contributed by atoms with E-state index in [-0.39, 0.29) is 42.7 Å². The van der Waals surface area contributed by atoms with Gasteiger partial charge in [0.1, 0.15) is 24.1 Å². The summed E-state index contributed by atoms with van der Waals surface area (Å²) in [5.41, 5.74) is 0.695. The molecule has 0 fully saturated rings. The average Bonchev–Trinajstić information content (AvgIpc) is 3.04. The highest BCUT2D eigenvalue weighted by Gasteiger charge is 2.36. The average molecular weight is 642 g/mol. The molecule has 0 saturated heterocycles. The van der Waals surface area contributed by atoms with Crippen molar-refractivity contribution in [1.29, 1.82) is 0 Å². The Labute approximate surface area is 263 Å². The molecule has 45 heavy (non-hydrogen) atoms. The molecule has 0 aliphatic heterocycles. The van der Waals surface area contributed by atoms with Crippen molar-refractivity contribution in [2.45, 2.75) is 58.6 Å². The first-order valence-corrected chi connectivity index (χ1v) is 16.4. The van der Waals surface area contributed by atoms with Crippen LogP contribution in [0.1, 0.15) is 51.5 Å². The smallest absolute Gasteiger partial charge is 0.464 e. The van der Waals surface area contributed by atoms with E-state index in [9.17, 15) is 24.3 Å². The highest BCUT2D eigenvalue weighted by atomic mass is 31.2. The summed E-state index contributed by atoms with van der Waals surface area (Å²) in [6, 6.07) is 21.5. The zero-order valence-electron chi connectivity index (χ0n) is 25.5. The topological polar surface area (TPSA) is 155 Å². The monoisotopic (exact) mass is 641 g/mol. The Morgan fingerprint density at radius 3 is 2.04 bits per heavy atom. The van der Waals surface area contributed by atoms with Gasteiger partial charge in [-0.05, 0) is 55.0 Å². The molecule has 0 heterocycles. The Morgan fingerprint density at radius 2 is 1.44 bits per heavy atom. The molecule has 2 atom stereocenters. The third-order valence-electron chi connectivity index (χ3n) is 6.86. The summed E-state index contributed by atoms with van der Waals surface area (Å²) in [6.45, 7) is 4.66. The number of rotatable bonds is 19. The van der Waals surface area contributed by atoms with Crippen LogP contribution in [0.4, 0.5) is 10.5 Å². The molecule has 0 bridgehead atoms. The number of hydrogen-bond donors (Lipinski definition) is 2. The highest BCUT2D eigenvalue weighted by Crippen LogP contribution is 2.46. The number of benzene rings is 3. The van der Waals surface area contributed by atoms with E-state index < -0.39 is 30.8 Å². The molecule has 3 rings (SSSR count). The second-order valence-corrected chi connectivity index (χ2v) is 11.8. The minimum atomic E-state index is -4.29. The quantitative estimate of drug-likeness (QED) is 0.0451. The number of ether oxygens (including phenoxy) is 2. The van der Waals surface area contributed by atoms with Gasteiger partial charge in [-0.25, -0.2) is 9.36 Å².